The number of furan rings is 1. The molecule has 6 nitrogen and oxygen atoms in total. The molecule has 0 radical (unpaired) electrons. The van der Waals surface area contributed by atoms with Gasteiger partial charge in [0.15, 0.2) is 6.10 Å². The van der Waals surface area contributed by atoms with Gasteiger partial charge in [-0.1, -0.05) is 11.6 Å². The summed E-state index contributed by atoms with van der Waals surface area (Å²) >= 11 is 5.99. The molecule has 0 aliphatic carbocycles. The Morgan fingerprint density at radius 3 is 2.61 bits per heavy atom. The van der Waals surface area contributed by atoms with Crippen molar-refractivity contribution in [2.24, 2.45) is 0 Å². The molecule has 0 aliphatic rings. The topological polar surface area (TPSA) is 77.8 Å². The molecule has 2 rings (SSSR count). The molecule has 122 valence electrons. The highest BCUT2D eigenvalue weighted by Crippen LogP contribution is 2.27. The number of hydrogen-bond acceptors (Lipinski definition) is 5. The van der Waals surface area contributed by atoms with E-state index in [0.717, 1.165) is 0 Å². The molecule has 0 saturated carbocycles. The van der Waals surface area contributed by atoms with E-state index in [9.17, 15) is 9.59 Å². The fourth-order valence-corrected chi connectivity index (χ4v) is 2.12. The Labute approximate surface area is 138 Å². The summed E-state index contributed by atoms with van der Waals surface area (Å²) < 4.78 is 15.2. The molecule has 1 amide bonds. The lowest BCUT2D eigenvalue weighted by atomic mass is 10.2. The summed E-state index contributed by atoms with van der Waals surface area (Å²) in [6.45, 7) is 3.12. The van der Waals surface area contributed by atoms with Gasteiger partial charge in [0.2, 0.25) is 0 Å². The van der Waals surface area contributed by atoms with E-state index in [0.29, 0.717) is 22.2 Å². The van der Waals surface area contributed by atoms with Gasteiger partial charge >= 0.3 is 5.97 Å². The summed E-state index contributed by atoms with van der Waals surface area (Å²) in [7, 11) is 1.50. The second kappa shape index (κ2) is 7.19. The highest BCUT2D eigenvalue weighted by atomic mass is 35.5. The predicted molar refractivity (Wildman–Crippen MR) is 85.0 cm³/mol. The van der Waals surface area contributed by atoms with E-state index < -0.39 is 18.0 Å². The minimum atomic E-state index is -0.974. The molecule has 0 unspecified atom stereocenters. The molecule has 7 heteroatoms. The number of rotatable bonds is 5. The summed E-state index contributed by atoms with van der Waals surface area (Å²) in [5.74, 6) is -0.156. The van der Waals surface area contributed by atoms with E-state index in [1.165, 1.54) is 26.4 Å². The zero-order chi connectivity index (χ0) is 17.0. The zero-order valence-corrected chi connectivity index (χ0v) is 13.6. The first kappa shape index (κ1) is 16.9. The maximum atomic E-state index is 12.1. The molecule has 1 atom stereocenters. The van der Waals surface area contributed by atoms with Crippen molar-refractivity contribution in [3.63, 3.8) is 0 Å². The third kappa shape index (κ3) is 4.04. The van der Waals surface area contributed by atoms with Crippen molar-refractivity contribution in [3.8, 4) is 5.75 Å². The lowest BCUT2D eigenvalue weighted by Gasteiger charge is -2.14. The predicted octanol–water partition coefficient (Wildman–Crippen LogP) is 3.43. The highest BCUT2D eigenvalue weighted by molar-refractivity contribution is 6.32. The van der Waals surface area contributed by atoms with Gasteiger partial charge in [-0.15, -0.1) is 0 Å². The van der Waals surface area contributed by atoms with Crippen LogP contribution in [0.3, 0.4) is 0 Å². The third-order valence-electron chi connectivity index (χ3n) is 3.15. The molecular weight excluding hydrogens is 322 g/mol. The first-order chi connectivity index (χ1) is 10.9. The van der Waals surface area contributed by atoms with Crippen LogP contribution >= 0.6 is 11.6 Å². The van der Waals surface area contributed by atoms with Crippen molar-refractivity contribution in [2.75, 3.05) is 12.4 Å². The van der Waals surface area contributed by atoms with Crippen LogP contribution in [-0.4, -0.2) is 25.1 Å². The Balaban J connectivity index is 1.99. The number of ether oxygens (including phenoxy) is 2. The van der Waals surface area contributed by atoms with E-state index in [4.69, 9.17) is 25.5 Å². The van der Waals surface area contributed by atoms with E-state index in [1.54, 1.807) is 25.1 Å². The lowest BCUT2D eigenvalue weighted by molar-refractivity contribution is -0.123. The molecule has 1 aromatic carbocycles. The van der Waals surface area contributed by atoms with Crippen LogP contribution in [0.5, 0.6) is 5.75 Å². The van der Waals surface area contributed by atoms with Gasteiger partial charge in [-0.25, -0.2) is 4.79 Å². The average molecular weight is 338 g/mol. The molecule has 23 heavy (non-hydrogen) atoms. The lowest BCUT2D eigenvalue weighted by Crippen LogP contribution is -2.30. The van der Waals surface area contributed by atoms with Gasteiger partial charge in [0.1, 0.15) is 17.1 Å². The average Bonchev–Trinajstić information content (AvgIpc) is 2.93. The Hall–Kier alpha value is -2.47. The van der Waals surface area contributed by atoms with Gasteiger partial charge in [-0.05, 0) is 38.1 Å². The minimum Gasteiger partial charge on any atom is -0.495 e. The number of amides is 1. The molecule has 1 aromatic heterocycles. The number of carbonyl (C=O) groups excluding carboxylic acids is 2. The molecule has 2 aromatic rings. The number of hydrogen-bond donors (Lipinski definition) is 1. The maximum Gasteiger partial charge on any atom is 0.342 e. The Morgan fingerprint density at radius 2 is 2.04 bits per heavy atom. The van der Waals surface area contributed by atoms with Crippen LogP contribution in [0.15, 0.2) is 34.9 Å². The van der Waals surface area contributed by atoms with Gasteiger partial charge in [0.25, 0.3) is 5.91 Å². The van der Waals surface area contributed by atoms with Gasteiger partial charge in [-0.3, -0.25) is 4.79 Å². The first-order valence-electron chi connectivity index (χ1n) is 6.82. The molecule has 1 heterocycles. The second-order valence-electron chi connectivity index (χ2n) is 4.78. The summed E-state index contributed by atoms with van der Waals surface area (Å²) in [6.07, 6.45) is 0.411. The van der Waals surface area contributed by atoms with Crippen molar-refractivity contribution in [3.05, 3.63) is 46.9 Å². The van der Waals surface area contributed by atoms with E-state index >= 15 is 0 Å². The van der Waals surface area contributed by atoms with Crippen LogP contribution in [0.1, 0.15) is 23.0 Å². The number of benzene rings is 1. The fraction of sp³-hybridized carbons (Fsp3) is 0.250. The standard InChI is InChI=1S/C16H16ClNO5/c1-9-12(6-7-22-9)16(20)23-10(2)15(19)18-11-4-5-14(21-3)13(17)8-11/h4-8,10H,1-3H3,(H,18,19)/t10-/m1/s1. The van der Waals surface area contributed by atoms with Crippen molar-refractivity contribution >= 4 is 29.2 Å². The largest absolute Gasteiger partial charge is 0.495 e. The van der Waals surface area contributed by atoms with Gasteiger partial charge < -0.3 is 19.2 Å². The van der Waals surface area contributed by atoms with Crippen molar-refractivity contribution in [2.45, 2.75) is 20.0 Å². The van der Waals surface area contributed by atoms with Crippen molar-refractivity contribution in [1.29, 1.82) is 0 Å². The molecule has 0 fully saturated rings. The molecule has 1 N–H and O–H groups in total. The van der Waals surface area contributed by atoms with Crippen LogP contribution < -0.4 is 10.1 Å². The van der Waals surface area contributed by atoms with Gasteiger partial charge in [0.05, 0.1) is 18.4 Å². The molecule has 0 bridgehead atoms. The van der Waals surface area contributed by atoms with Crippen LogP contribution in [0.4, 0.5) is 5.69 Å². The number of methoxy groups -OCH3 is 1. The van der Waals surface area contributed by atoms with E-state index in [2.05, 4.69) is 5.32 Å². The first-order valence-corrected chi connectivity index (χ1v) is 7.19. The number of aryl methyl sites for hydroxylation is 1. The summed E-state index contributed by atoms with van der Waals surface area (Å²) in [5.41, 5.74) is 0.764. The Kier molecular flexibility index (Phi) is 5.28. The summed E-state index contributed by atoms with van der Waals surface area (Å²) in [6, 6.07) is 6.30. The SMILES string of the molecule is COc1ccc(NC(=O)[C@@H](C)OC(=O)c2ccoc2C)cc1Cl. The van der Waals surface area contributed by atoms with Gasteiger partial charge in [-0.2, -0.15) is 0 Å². The van der Waals surface area contributed by atoms with E-state index in [-0.39, 0.29) is 5.56 Å². The van der Waals surface area contributed by atoms with Crippen LogP contribution in [-0.2, 0) is 9.53 Å². The summed E-state index contributed by atoms with van der Waals surface area (Å²) in [5, 5.41) is 2.98. The number of anilines is 1. The normalized spacial score (nSPS) is 11.7. The fourth-order valence-electron chi connectivity index (χ4n) is 1.86. The highest BCUT2D eigenvalue weighted by Gasteiger charge is 2.21. The second-order valence-corrected chi connectivity index (χ2v) is 5.18. The smallest absolute Gasteiger partial charge is 0.342 e. The Bertz CT molecular complexity index is 725. The molecular formula is C16H16ClNO5. The number of halogens is 1. The van der Waals surface area contributed by atoms with Crippen LogP contribution in [0.25, 0.3) is 0 Å². The summed E-state index contributed by atoms with van der Waals surface area (Å²) in [4.78, 5) is 24.0. The van der Waals surface area contributed by atoms with Crippen LogP contribution in [0.2, 0.25) is 5.02 Å². The molecule has 0 spiro atoms. The monoisotopic (exact) mass is 337 g/mol. The number of nitrogens with one attached hydrogen (secondary N) is 1. The van der Waals surface area contributed by atoms with Gasteiger partial charge in [0, 0.05) is 5.69 Å². The zero-order valence-electron chi connectivity index (χ0n) is 12.9. The third-order valence-corrected chi connectivity index (χ3v) is 3.45. The number of carbonyl (C=O) groups is 2. The maximum absolute atomic E-state index is 12.1. The van der Waals surface area contributed by atoms with E-state index in [1.807, 2.05) is 0 Å². The van der Waals surface area contributed by atoms with Crippen molar-refractivity contribution < 1.29 is 23.5 Å². The molecule has 0 saturated heterocycles. The number of esters is 1. The molecule has 0 aliphatic heterocycles. The van der Waals surface area contributed by atoms with Crippen LogP contribution in [0, 0.1) is 6.92 Å². The Morgan fingerprint density at radius 1 is 1.30 bits per heavy atom. The quantitative estimate of drug-likeness (QED) is 0.846. The van der Waals surface area contributed by atoms with Crippen molar-refractivity contribution in [1.82, 2.24) is 0 Å². The minimum absolute atomic E-state index is 0.289.